The molecule has 1 aromatic rings. The summed E-state index contributed by atoms with van der Waals surface area (Å²) < 4.78 is 0. The van der Waals surface area contributed by atoms with Crippen LogP contribution in [0.3, 0.4) is 0 Å². The monoisotopic (exact) mass is 192 g/mol. The molecule has 4 heteroatoms. The van der Waals surface area contributed by atoms with Crippen molar-refractivity contribution in [3.63, 3.8) is 0 Å². The molecule has 4 N–H and O–H groups in total. The van der Waals surface area contributed by atoms with Crippen LogP contribution in [0.2, 0.25) is 0 Å². The number of rotatable bonds is 5. The highest BCUT2D eigenvalue weighted by Gasteiger charge is 2.19. The fraction of sp³-hybridized carbons (Fsp3) is 0.500. The molecule has 76 valence electrons. The van der Waals surface area contributed by atoms with Crippen LogP contribution in [-0.2, 0) is 0 Å². The summed E-state index contributed by atoms with van der Waals surface area (Å²) in [6.45, 7) is 1.04. The highest BCUT2D eigenvalue weighted by Crippen LogP contribution is 2.32. The van der Waals surface area contributed by atoms with Crippen LogP contribution in [0.1, 0.15) is 19.3 Å². The Bertz CT molecular complexity index is 296. The molecule has 2 rings (SSSR count). The van der Waals surface area contributed by atoms with E-state index in [-0.39, 0.29) is 0 Å². The summed E-state index contributed by atoms with van der Waals surface area (Å²) in [5.74, 6) is 6.93. The average Bonchev–Trinajstić information content (AvgIpc) is 3.02. The van der Waals surface area contributed by atoms with Gasteiger partial charge in [-0.25, -0.2) is 10.8 Å². The van der Waals surface area contributed by atoms with Crippen LogP contribution in [0, 0.1) is 5.92 Å². The van der Waals surface area contributed by atoms with Crippen molar-refractivity contribution in [2.24, 2.45) is 11.8 Å². The molecule has 0 radical (unpaired) electrons. The maximum absolute atomic E-state index is 5.27. The third-order valence-corrected chi connectivity index (χ3v) is 2.49. The van der Waals surface area contributed by atoms with Gasteiger partial charge in [-0.05, 0) is 18.4 Å². The molecule has 1 fully saturated rings. The number of nitrogens with two attached hydrogens (primary N) is 1. The molecule has 0 bridgehead atoms. The Morgan fingerprint density at radius 3 is 3.07 bits per heavy atom. The molecule has 0 amide bonds. The molecule has 1 aliphatic carbocycles. The molecular formula is C10H16N4. The van der Waals surface area contributed by atoms with Gasteiger partial charge in [0.2, 0.25) is 0 Å². The zero-order valence-corrected chi connectivity index (χ0v) is 8.16. The molecule has 0 aliphatic heterocycles. The highest BCUT2D eigenvalue weighted by molar-refractivity contribution is 5.51. The van der Waals surface area contributed by atoms with Crippen molar-refractivity contribution in [1.29, 1.82) is 0 Å². The van der Waals surface area contributed by atoms with E-state index in [9.17, 15) is 0 Å². The molecule has 4 nitrogen and oxygen atoms in total. The van der Waals surface area contributed by atoms with E-state index in [0.29, 0.717) is 5.82 Å². The van der Waals surface area contributed by atoms with E-state index in [1.165, 1.54) is 19.3 Å². The van der Waals surface area contributed by atoms with Crippen LogP contribution in [0.15, 0.2) is 18.3 Å². The predicted octanol–water partition coefficient (Wildman–Crippen LogP) is 1.58. The number of anilines is 2. The smallest absolute Gasteiger partial charge is 0.141 e. The van der Waals surface area contributed by atoms with Gasteiger partial charge in [-0.15, -0.1) is 0 Å². The Morgan fingerprint density at radius 2 is 2.36 bits per heavy atom. The number of aromatic nitrogens is 1. The number of nitrogens with one attached hydrogen (secondary N) is 2. The lowest BCUT2D eigenvalue weighted by Crippen LogP contribution is -2.09. The van der Waals surface area contributed by atoms with Crippen LogP contribution in [0.5, 0.6) is 0 Å². The highest BCUT2D eigenvalue weighted by atomic mass is 15.2. The van der Waals surface area contributed by atoms with Gasteiger partial charge in [-0.1, -0.05) is 12.8 Å². The van der Waals surface area contributed by atoms with E-state index < -0.39 is 0 Å². The maximum atomic E-state index is 5.27. The second-order valence-electron chi connectivity index (χ2n) is 3.73. The summed E-state index contributed by atoms with van der Waals surface area (Å²) >= 11 is 0. The molecule has 0 unspecified atom stereocenters. The first kappa shape index (κ1) is 9.27. The van der Waals surface area contributed by atoms with E-state index in [4.69, 9.17) is 5.84 Å². The van der Waals surface area contributed by atoms with Gasteiger partial charge in [0.1, 0.15) is 5.82 Å². The van der Waals surface area contributed by atoms with Gasteiger partial charge in [0.15, 0.2) is 0 Å². The summed E-state index contributed by atoms with van der Waals surface area (Å²) in [7, 11) is 0. The van der Waals surface area contributed by atoms with E-state index >= 15 is 0 Å². The molecule has 1 aliphatic rings. The molecule has 0 saturated heterocycles. The largest absolute Gasteiger partial charge is 0.385 e. The fourth-order valence-electron chi connectivity index (χ4n) is 1.45. The SMILES string of the molecule is NNc1cc(NCCC2CC2)ccn1. The van der Waals surface area contributed by atoms with Gasteiger partial charge in [-0.3, -0.25) is 0 Å². The number of hydrazine groups is 1. The fourth-order valence-corrected chi connectivity index (χ4v) is 1.45. The maximum Gasteiger partial charge on any atom is 0.141 e. The van der Waals surface area contributed by atoms with Crippen LogP contribution < -0.4 is 16.6 Å². The van der Waals surface area contributed by atoms with Crippen LogP contribution in [-0.4, -0.2) is 11.5 Å². The molecule has 1 aromatic heterocycles. The summed E-state index contributed by atoms with van der Waals surface area (Å²) in [6, 6.07) is 3.86. The van der Waals surface area contributed by atoms with Crippen molar-refractivity contribution < 1.29 is 0 Å². The van der Waals surface area contributed by atoms with Crippen LogP contribution in [0.4, 0.5) is 11.5 Å². The van der Waals surface area contributed by atoms with E-state index in [1.807, 2.05) is 12.1 Å². The second kappa shape index (κ2) is 4.28. The minimum atomic E-state index is 0.696. The predicted molar refractivity (Wildman–Crippen MR) is 57.9 cm³/mol. The van der Waals surface area contributed by atoms with Gasteiger partial charge < -0.3 is 10.7 Å². The Balaban J connectivity index is 1.81. The lowest BCUT2D eigenvalue weighted by atomic mass is 10.3. The average molecular weight is 192 g/mol. The number of hydrogen-bond donors (Lipinski definition) is 3. The number of nitrogen functional groups attached to an aromatic ring is 1. The van der Waals surface area contributed by atoms with Gasteiger partial charge in [-0.2, -0.15) is 0 Å². The third kappa shape index (κ3) is 2.60. The first-order valence-corrected chi connectivity index (χ1v) is 5.05. The Labute approximate surface area is 83.9 Å². The van der Waals surface area contributed by atoms with Crippen molar-refractivity contribution in [3.05, 3.63) is 18.3 Å². The van der Waals surface area contributed by atoms with E-state index in [1.54, 1.807) is 6.20 Å². The third-order valence-electron chi connectivity index (χ3n) is 2.49. The molecule has 0 spiro atoms. The zero-order chi connectivity index (χ0) is 9.80. The first-order valence-electron chi connectivity index (χ1n) is 5.05. The minimum Gasteiger partial charge on any atom is -0.385 e. The quantitative estimate of drug-likeness (QED) is 0.489. The van der Waals surface area contributed by atoms with Crippen molar-refractivity contribution in [1.82, 2.24) is 4.98 Å². The Hall–Kier alpha value is -1.29. The van der Waals surface area contributed by atoms with Crippen molar-refractivity contribution in [2.45, 2.75) is 19.3 Å². The van der Waals surface area contributed by atoms with Crippen LogP contribution >= 0.6 is 0 Å². The van der Waals surface area contributed by atoms with Crippen LogP contribution in [0.25, 0.3) is 0 Å². The lowest BCUT2D eigenvalue weighted by molar-refractivity contribution is 0.760. The molecule has 0 atom stereocenters. The van der Waals surface area contributed by atoms with Crippen molar-refractivity contribution >= 4 is 11.5 Å². The summed E-state index contributed by atoms with van der Waals surface area (Å²) in [6.07, 6.45) is 5.84. The molecule has 1 heterocycles. The van der Waals surface area contributed by atoms with Crippen molar-refractivity contribution in [2.75, 3.05) is 17.3 Å². The summed E-state index contributed by atoms with van der Waals surface area (Å²) in [4.78, 5) is 4.04. The number of pyridine rings is 1. The normalized spacial score (nSPS) is 15.2. The Kier molecular flexibility index (Phi) is 2.84. The van der Waals surface area contributed by atoms with E-state index in [2.05, 4.69) is 15.7 Å². The lowest BCUT2D eigenvalue weighted by Gasteiger charge is -2.06. The molecule has 1 saturated carbocycles. The standard InChI is InChI=1S/C10H16N4/c11-14-10-7-9(4-6-13-10)12-5-3-8-1-2-8/h4,6-8H,1-3,5,11H2,(H2,12,13,14). The zero-order valence-electron chi connectivity index (χ0n) is 8.16. The Morgan fingerprint density at radius 1 is 1.50 bits per heavy atom. The van der Waals surface area contributed by atoms with Gasteiger partial charge in [0.05, 0.1) is 0 Å². The first-order chi connectivity index (χ1) is 6.88. The number of nitrogens with zero attached hydrogens (tertiary/aromatic N) is 1. The topological polar surface area (TPSA) is 63.0 Å². The number of hydrogen-bond acceptors (Lipinski definition) is 4. The minimum absolute atomic E-state index is 0.696. The molecule has 14 heavy (non-hydrogen) atoms. The van der Waals surface area contributed by atoms with Crippen molar-refractivity contribution in [3.8, 4) is 0 Å². The molecular weight excluding hydrogens is 176 g/mol. The summed E-state index contributed by atoms with van der Waals surface area (Å²) in [5, 5.41) is 3.36. The van der Waals surface area contributed by atoms with Gasteiger partial charge in [0, 0.05) is 24.5 Å². The van der Waals surface area contributed by atoms with Gasteiger partial charge in [0.25, 0.3) is 0 Å². The van der Waals surface area contributed by atoms with Gasteiger partial charge >= 0.3 is 0 Å². The second-order valence-corrected chi connectivity index (χ2v) is 3.73. The molecule has 0 aromatic carbocycles. The summed E-state index contributed by atoms with van der Waals surface area (Å²) in [5.41, 5.74) is 3.61. The van der Waals surface area contributed by atoms with E-state index in [0.717, 1.165) is 18.2 Å².